The van der Waals surface area contributed by atoms with Gasteiger partial charge in [-0.2, -0.15) is 18.3 Å². The molecule has 1 unspecified atom stereocenters. The van der Waals surface area contributed by atoms with Crippen molar-refractivity contribution in [1.29, 1.82) is 0 Å². The zero-order valence-corrected chi connectivity index (χ0v) is 16.0. The molecule has 1 aliphatic rings. The van der Waals surface area contributed by atoms with Crippen LogP contribution in [-0.2, 0) is 18.0 Å². The summed E-state index contributed by atoms with van der Waals surface area (Å²) in [5.41, 5.74) is 0.519. The maximum Gasteiger partial charge on any atom is 0.416 e. The van der Waals surface area contributed by atoms with Gasteiger partial charge < -0.3 is 15.1 Å². The van der Waals surface area contributed by atoms with Crippen molar-refractivity contribution in [2.75, 3.05) is 11.9 Å². The lowest BCUT2D eigenvalue weighted by Crippen LogP contribution is -2.18. The highest BCUT2D eigenvalue weighted by Gasteiger charge is 2.32. The van der Waals surface area contributed by atoms with Crippen LogP contribution in [0.1, 0.15) is 23.8 Å². The van der Waals surface area contributed by atoms with E-state index in [9.17, 15) is 18.0 Å². The first kappa shape index (κ1) is 21.1. The Morgan fingerprint density at radius 3 is 2.53 bits per heavy atom. The number of halogens is 3. The van der Waals surface area contributed by atoms with Crippen molar-refractivity contribution in [3.8, 4) is 11.6 Å². The van der Waals surface area contributed by atoms with Gasteiger partial charge >= 0.3 is 6.18 Å². The molecule has 3 heterocycles. The molecule has 1 aromatic carbocycles. The summed E-state index contributed by atoms with van der Waals surface area (Å²) < 4.78 is 45.3. The van der Waals surface area contributed by atoms with Crippen molar-refractivity contribution >= 4 is 17.3 Å². The number of hydrogen-bond acceptors (Lipinski definition) is 6. The lowest BCUT2D eigenvalue weighted by molar-refractivity contribution is -0.137. The normalized spacial score (nSPS) is 16.0. The number of alkyl halides is 3. The first-order valence-corrected chi connectivity index (χ1v) is 8.90. The monoisotopic (exact) mass is 420 g/mol. The average molecular weight is 420 g/mol. The number of carbonyl (C=O) groups excluding carboxylic acids is 1. The van der Waals surface area contributed by atoms with Gasteiger partial charge in [-0.1, -0.05) is 0 Å². The Hall–Kier alpha value is -3.63. The van der Waals surface area contributed by atoms with Crippen molar-refractivity contribution in [1.82, 2.24) is 25.3 Å². The highest BCUT2D eigenvalue weighted by atomic mass is 19.4. The van der Waals surface area contributed by atoms with Crippen molar-refractivity contribution in [3.63, 3.8) is 0 Å². The third-order valence-corrected chi connectivity index (χ3v) is 4.31. The van der Waals surface area contributed by atoms with Crippen molar-refractivity contribution in [2.24, 2.45) is 7.05 Å². The summed E-state index contributed by atoms with van der Waals surface area (Å²) in [6.45, 7) is 6.55. The van der Waals surface area contributed by atoms with Gasteiger partial charge in [-0.05, 0) is 30.7 Å². The smallest absolute Gasteiger partial charge is 0.416 e. The van der Waals surface area contributed by atoms with Gasteiger partial charge in [0.25, 0.3) is 5.89 Å². The molecule has 30 heavy (non-hydrogen) atoms. The number of carbonyl (C=O) groups is 1. The third-order valence-electron chi connectivity index (χ3n) is 4.31. The number of anilines is 2. The van der Waals surface area contributed by atoms with Gasteiger partial charge in [-0.3, -0.25) is 9.48 Å². The standard InChI is InChI=1S/C17H15F3N6O2.C2H4/c1-26-8-12(22-10-4-2-9(3-5-10)17(18,19)20)13(25-26)16-24-23-15(28-16)11-6-7-21-14(11)27;1-2/h2-5,8,11,22H,6-7H2,1H3,(H,21,27);1-2H2. The molecular weight excluding hydrogens is 401 g/mol. The molecule has 1 amide bonds. The van der Waals surface area contributed by atoms with Gasteiger partial charge in [-0.15, -0.1) is 23.4 Å². The molecule has 0 bridgehead atoms. The Morgan fingerprint density at radius 2 is 1.93 bits per heavy atom. The average Bonchev–Trinajstić information content (AvgIpc) is 3.43. The van der Waals surface area contributed by atoms with Crippen LogP contribution >= 0.6 is 0 Å². The number of amides is 1. The maximum atomic E-state index is 12.7. The Balaban J connectivity index is 0.00000124. The Bertz CT molecular complexity index is 1030. The van der Waals surface area contributed by atoms with Crippen LogP contribution in [0.2, 0.25) is 0 Å². The van der Waals surface area contributed by atoms with Crippen molar-refractivity contribution < 1.29 is 22.4 Å². The summed E-state index contributed by atoms with van der Waals surface area (Å²) in [5, 5.41) is 17.9. The SMILES string of the molecule is C=C.Cn1cc(Nc2ccc(C(F)(F)F)cc2)c(-c2nnc(C3CCNC3=O)o2)n1. The molecule has 11 heteroatoms. The highest BCUT2D eigenvalue weighted by Crippen LogP contribution is 2.33. The molecule has 1 atom stereocenters. The minimum absolute atomic E-state index is 0.115. The molecule has 4 rings (SSSR count). The summed E-state index contributed by atoms with van der Waals surface area (Å²) in [6.07, 6.45) is -2.19. The predicted octanol–water partition coefficient (Wildman–Crippen LogP) is 3.64. The van der Waals surface area contributed by atoms with Gasteiger partial charge in [0.1, 0.15) is 5.92 Å². The number of benzene rings is 1. The summed E-state index contributed by atoms with van der Waals surface area (Å²) >= 11 is 0. The highest BCUT2D eigenvalue weighted by molar-refractivity contribution is 5.84. The van der Waals surface area contributed by atoms with Gasteiger partial charge in [0.05, 0.1) is 11.3 Å². The lowest BCUT2D eigenvalue weighted by atomic mass is 10.1. The molecule has 0 radical (unpaired) electrons. The fourth-order valence-electron chi connectivity index (χ4n) is 2.94. The first-order chi connectivity index (χ1) is 14.3. The fraction of sp³-hybridized carbons (Fsp3) is 0.263. The number of aryl methyl sites for hydroxylation is 1. The van der Waals surface area contributed by atoms with Crippen LogP contribution in [0.4, 0.5) is 24.5 Å². The minimum Gasteiger partial charge on any atom is -0.418 e. The van der Waals surface area contributed by atoms with E-state index in [1.165, 1.54) is 16.8 Å². The zero-order chi connectivity index (χ0) is 21.9. The van der Waals surface area contributed by atoms with E-state index in [0.29, 0.717) is 30.0 Å². The first-order valence-electron chi connectivity index (χ1n) is 8.90. The largest absolute Gasteiger partial charge is 0.418 e. The zero-order valence-electron chi connectivity index (χ0n) is 16.0. The summed E-state index contributed by atoms with van der Waals surface area (Å²) in [7, 11) is 1.68. The molecule has 2 aromatic heterocycles. The van der Waals surface area contributed by atoms with Gasteiger partial charge in [-0.25, -0.2) is 0 Å². The molecule has 1 fully saturated rings. The number of hydrogen-bond donors (Lipinski definition) is 2. The van der Waals surface area contributed by atoms with Crippen LogP contribution in [-0.4, -0.2) is 32.4 Å². The summed E-state index contributed by atoms with van der Waals surface area (Å²) in [5.74, 6) is -0.337. The van der Waals surface area contributed by atoms with Crippen LogP contribution in [0.15, 0.2) is 48.0 Å². The van der Waals surface area contributed by atoms with E-state index in [2.05, 4.69) is 39.1 Å². The van der Waals surface area contributed by atoms with Crippen LogP contribution < -0.4 is 10.6 Å². The van der Waals surface area contributed by atoms with Crippen LogP contribution in [0, 0.1) is 0 Å². The molecule has 158 valence electrons. The van der Waals surface area contributed by atoms with Gasteiger partial charge in [0.2, 0.25) is 11.8 Å². The summed E-state index contributed by atoms with van der Waals surface area (Å²) in [4.78, 5) is 11.8. The molecule has 2 N–H and O–H groups in total. The minimum atomic E-state index is -4.40. The second-order valence-corrected chi connectivity index (χ2v) is 6.34. The summed E-state index contributed by atoms with van der Waals surface area (Å²) in [6, 6.07) is 4.62. The molecule has 0 saturated carbocycles. The van der Waals surface area contributed by atoms with Crippen LogP contribution in [0.25, 0.3) is 11.6 Å². The molecule has 0 aliphatic carbocycles. The third kappa shape index (κ3) is 4.34. The van der Waals surface area contributed by atoms with E-state index in [0.717, 1.165) is 12.1 Å². The maximum absolute atomic E-state index is 12.7. The fourth-order valence-corrected chi connectivity index (χ4v) is 2.94. The Kier molecular flexibility index (Phi) is 5.90. The number of nitrogens with zero attached hydrogens (tertiary/aromatic N) is 4. The second kappa shape index (κ2) is 8.39. The van der Waals surface area contributed by atoms with Gasteiger partial charge in [0.15, 0.2) is 5.69 Å². The second-order valence-electron chi connectivity index (χ2n) is 6.34. The van der Waals surface area contributed by atoms with E-state index in [-0.39, 0.29) is 17.7 Å². The van der Waals surface area contributed by atoms with Crippen molar-refractivity contribution in [2.45, 2.75) is 18.5 Å². The van der Waals surface area contributed by atoms with E-state index in [1.54, 1.807) is 13.2 Å². The number of aromatic nitrogens is 4. The molecule has 8 nitrogen and oxygen atoms in total. The molecule has 1 aliphatic heterocycles. The number of rotatable bonds is 4. The van der Waals surface area contributed by atoms with E-state index < -0.39 is 17.7 Å². The van der Waals surface area contributed by atoms with E-state index in [1.807, 2.05) is 0 Å². The van der Waals surface area contributed by atoms with E-state index in [4.69, 9.17) is 4.42 Å². The van der Waals surface area contributed by atoms with Crippen LogP contribution in [0.5, 0.6) is 0 Å². The molecule has 3 aromatic rings. The van der Waals surface area contributed by atoms with E-state index >= 15 is 0 Å². The Labute approximate surface area is 169 Å². The quantitative estimate of drug-likeness (QED) is 0.626. The topological polar surface area (TPSA) is 97.9 Å². The molecular formula is C19H19F3N6O2. The molecule has 1 saturated heterocycles. The Morgan fingerprint density at radius 1 is 1.23 bits per heavy atom. The van der Waals surface area contributed by atoms with Crippen LogP contribution in [0.3, 0.4) is 0 Å². The van der Waals surface area contributed by atoms with Crippen molar-refractivity contribution in [3.05, 3.63) is 55.1 Å². The predicted molar refractivity (Wildman–Crippen MR) is 103 cm³/mol. The molecule has 0 spiro atoms. The lowest BCUT2D eigenvalue weighted by Gasteiger charge is -2.09. The van der Waals surface area contributed by atoms with Gasteiger partial charge in [0, 0.05) is 25.5 Å². The number of nitrogens with one attached hydrogen (secondary N) is 2.